The number of aliphatic hydroxyl groups is 1. The lowest BCUT2D eigenvalue weighted by Crippen LogP contribution is -2.03. The fraction of sp³-hybridized carbons (Fsp3) is 0.333. The fourth-order valence-electron chi connectivity index (χ4n) is 2.52. The summed E-state index contributed by atoms with van der Waals surface area (Å²) in [6, 6.07) is 11.7. The molecule has 118 valence electrons. The van der Waals surface area contributed by atoms with Crippen LogP contribution in [-0.4, -0.2) is 26.4 Å². The van der Waals surface area contributed by atoms with Gasteiger partial charge in [-0.3, -0.25) is 0 Å². The molecule has 0 atom stereocenters. The van der Waals surface area contributed by atoms with Gasteiger partial charge >= 0.3 is 0 Å². The maximum absolute atomic E-state index is 9.55. The van der Waals surface area contributed by atoms with Crippen molar-refractivity contribution in [2.45, 2.75) is 19.4 Å². The maximum Gasteiger partial charge on any atom is 0.164 e. The summed E-state index contributed by atoms with van der Waals surface area (Å²) in [5.74, 6) is 2.23. The molecule has 1 N–H and O–H groups in total. The molecule has 2 aromatic carbocycles. The predicted molar refractivity (Wildman–Crippen MR) is 85.9 cm³/mol. The van der Waals surface area contributed by atoms with Crippen molar-refractivity contribution in [1.82, 2.24) is 0 Å². The first-order valence-corrected chi connectivity index (χ1v) is 7.20. The highest BCUT2D eigenvalue weighted by molar-refractivity contribution is 5.51. The van der Waals surface area contributed by atoms with Crippen molar-refractivity contribution in [1.29, 1.82) is 0 Å². The van der Waals surface area contributed by atoms with Gasteiger partial charge < -0.3 is 19.3 Å². The Kier molecular flexibility index (Phi) is 5.67. The van der Waals surface area contributed by atoms with E-state index in [-0.39, 0.29) is 6.61 Å². The molecular formula is C18H22O4. The minimum Gasteiger partial charge on any atom is -0.497 e. The lowest BCUT2D eigenvalue weighted by atomic mass is 9.98. The highest BCUT2D eigenvalue weighted by Gasteiger charge is 2.14. The van der Waals surface area contributed by atoms with E-state index in [2.05, 4.69) is 0 Å². The molecule has 4 heteroatoms. The quantitative estimate of drug-likeness (QED) is 0.854. The topological polar surface area (TPSA) is 47.9 Å². The molecule has 0 saturated heterocycles. The highest BCUT2D eigenvalue weighted by atomic mass is 16.5. The molecule has 2 aromatic rings. The molecule has 2 rings (SSSR count). The van der Waals surface area contributed by atoms with Gasteiger partial charge in [0.15, 0.2) is 11.5 Å². The normalized spacial score (nSPS) is 10.4. The molecule has 0 aliphatic heterocycles. The number of aryl methyl sites for hydroxylation is 1. The monoisotopic (exact) mass is 302 g/mol. The zero-order valence-electron chi connectivity index (χ0n) is 13.3. The Morgan fingerprint density at radius 2 is 1.55 bits per heavy atom. The van der Waals surface area contributed by atoms with E-state index in [9.17, 15) is 5.11 Å². The second-order valence-electron chi connectivity index (χ2n) is 4.94. The molecule has 22 heavy (non-hydrogen) atoms. The summed E-state index contributed by atoms with van der Waals surface area (Å²) in [5.41, 5.74) is 3.06. The summed E-state index contributed by atoms with van der Waals surface area (Å²) in [7, 11) is 4.89. The van der Waals surface area contributed by atoms with Crippen LogP contribution >= 0.6 is 0 Å². The highest BCUT2D eigenvalue weighted by Crippen LogP contribution is 2.34. The zero-order chi connectivity index (χ0) is 15.9. The van der Waals surface area contributed by atoms with E-state index in [1.165, 1.54) is 5.56 Å². The van der Waals surface area contributed by atoms with Gasteiger partial charge in [0.25, 0.3) is 0 Å². The lowest BCUT2D eigenvalue weighted by Gasteiger charge is -2.16. The fourth-order valence-corrected chi connectivity index (χ4v) is 2.52. The van der Waals surface area contributed by atoms with Crippen molar-refractivity contribution >= 4 is 0 Å². The Morgan fingerprint density at radius 3 is 2.09 bits per heavy atom. The molecule has 0 spiro atoms. The number of benzene rings is 2. The van der Waals surface area contributed by atoms with Crippen molar-refractivity contribution in [2.24, 2.45) is 0 Å². The smallest absolute Gasteiger partial charge is 0.164 e. The van der Waals surface area contributed by atoms with Crippen molar-refractivity contribution < 1.29 is 19.3 Å². The summed E-state index contributed by atoms with van der Waals surface area (Å²) < 4.78 is 16.0. The summed E-state index contributed by atoms with van der Waals surface area (Å²) >= 11 is 0. The van der Waals surface area contributed by atoms with Crippen molar-refractivity contribution in [3.05, 3.63) is 53.1 Å². The average Bonchev–Trinajstić information content (AvgIpc) is 2.59. The second kappa shape index (κ2) is 7.71. The van der Waals surface area contributed by atoms with Crippen molar-refractivity contribution in [2.75, 3.05) is 21.3 Å². The van der Waals surface area contributed by atoms with Crippen molar-refractivity contribution in [3.8, 4) is 17.2 Å². The van der Waals surface area contributed by atoms with Crippen LogP contribution in [0.5, 0.6) is 17.2 Å². The van der Waals surface area contributed by atoms with Gasteiger partial charge in [0, 0.05) is 5.56 Å². The third-order valence-electron chi connectivity index (χ3n) is 3.74. The summed E-state index contributed by atoms with van der Waals surface area (Å²) in [4.78, 5) is 0. The number of hydrogen-bond acceptors (Lipinski definition) is 4. The molecule has 0 aliphatic carbocycles. The van der Waals surface area contributed by atoms with E-state index in [0.29, 0.717) is 11.5 Å². The summed E-state index contributed by atoms with van der Waals surface area (Å²) in [5, 5.41) is 9.55. The molecule has 0 fully saturated rings. The van der Waals surface area contributed by atoms with E-state index < -0.39 is 0 Å². The standard InChI is InChI=1S/C18H22O4/c1-20-15-8-4-13(5-9-15)6-10-16-14(12-19)7-11-17(21-2)18(16)22-3/h4-5,7-9,11,19H,6,10,12H2,1-3H3. The van der Waals surface area contributed by atoms with Crippen LogP contribution in [-0.2, 0) is 19.4 Å². The third kappa shape index (κ3) is 3.52. The maximum atomic E-state index is 9.55. The predicted octanol–water partition coefficient (Wildman–Crippen LogP) is 2.99. The average molecular weight is 302 g/mol. The number of hydrogen-bond donors (Lipinski definition) is 1. The van der Waals surface area contributed by atoms with Gasteiger partial charge in [-0.1, -0.05) is 18.2 Å². The first-order valence-electron chi connectivity index (χ1n) is 7.20. The molecule has 0 bridgehead atoms. The number of ether oxygens (including phenoxy) is 3. The van der Waals surface area contributed by atoms with Crippen LogP contribution in [0.2, 0.25) is 0 Å². The minimum absolute atomic E-state index is 0.0156. The molecule has 0 saturated carbocycles. The Bertz CT molecular complexity index is 605. The lowest BCUT2D eigenvalue weighted by molar-refractivity contribution is 0.278. The molecule has 0 aromatic heterocycles. The van der Waals surface area contributed by atoms with Crippen LogP contribution in [0.25, 0.3) is 0 Å². The molecule has 0 amide bonds. The van der Waals surface area contributed by atoms with E-state index in [1.54, 1.807) is 21.3 Å². The Morgan fingerprint density at radius 1 is 0.818 bits per heavy atom. The Balaban J connectivity index is 2.23. The third-order valence-corrected chi connectivity index (χ3v) is 3.74. The summed E-state index contributed by atoms with van der Waals surface area (Å²) in [6.45, 7) is -0.0156. The molecule has 0 unspecified atom stereocenters. The zero-order valence-corrected chi connectivity index (χ0v) is 13.3. The largest absolute Gasteiger partial charge is 0.497 e. The van der Waals surface area contributed by atoms with Crippen LogP contribution in [0, 0.1) is 0 Å². The van der Waals surface area contributed by atoms with Gasteiger partial charge in [-0.15, -0.1) is 0 Å². The second-order valence-corrected chi connectivity index (χ2v) is 4.94. The summed E-state index contributed by atoms with van der Waals surface area (Å²) in [6.07, 6.45) is 1.61. The first kappa shape index (κ1) is 16.2. The molecule has 4 nitrogen and oxygen atoms in total. The van der Waals surface area contributed by atoms with E-state index >= 15 is 0 Å². The molecule has 0 radical (unpaired) electrons. The van der Waals surface area contributed by atoms with E-state index in [1.807, 2.05) is 36.4 Å². The van der Waals surface area contributed by atoms with Gasteiger partial charge in [-0.25, -0.2) is 0 Å². The first-order chi connectivity index (χ1) is 10.7. The Hall–Kier alpha value is -2.20. The van der Waals surface area contributed by atoms with E-state index in [0.717, 1.165) is 29.7 Å². The molecular weight excluding hydrogens is 280 g/mol. The van der Waals surface area contributed by atoms with Crippen LogP contribution in [0.1, 0.15) is 16.7 Å². The van der Waals surface area contributed by atoms with Gasteiger partial charge in [0.2, 0.25) is 0 Å². The van der Waals surface area contributed by atoms with E-state index in [4.69, 9.17) is 14.2 Å². The van der Waals surface area contributed by atoms with Crippen LogP contribution in [0.15, 0.2) is 36.4 Å². The number of rotatable bonds is 7. The number of methoxy groups -OCH3 is 3. The van der Waals surface area contributed by atoms with Gasteiger partial charge in [-0.05, 0) is 42.2 Å². The van der Waals surface area contributed by atoms with Gasteiger partial charge in [-0.2, -0.15) is 0 Å². The molecule has 0 aliphatic rings. The molecule has 0 heterocycles. The van der Waals surface area contributed by atoms with Gasteiger partial charge in [0.05, 0.1) is 27.9 Å². The van der Waals surface area contributed by atoms with Crippen LogP contribution < -0.4 is 14.2 Å². The van der Waals surface area contributed by atoms with Crippen molar-refractivity contribution in [3.63, 3.8) is 0 Å². The van der Waals surface area contributed by atoms with Gasteiger partial charge in [0.1, 0.15) is 5.75 Å². The minimum atomic E-state index is -0.0156. The number of aliphatic hydroxyl groups excluding tert-OH is 1. The SMILES string of the molecule is COc1ccc(CCc2c(CO)ccc(OC)c2OC)cc1. The van der Waals surface area contributed by atoms with Crippen LogP contribution in [0.3, 0.4) is 0 Å². The van der Waals surface area contributed by atoms with Crippen LogP contribution in [0.4, 0.5) is 0 Å². The Labute approximate surface area is 131 Å².